The van der Waals surface area contributed by atoms with Crippen LogP contribution in [-0.4, -0.2) is 19.3 Å². The van der Waals surface area contributed by atoms with Crippen molar-refractivity contribution in [2.45, 2.75) is 38.0 Å². The molecule has 130 valence electrons. The summed E-state index contributed by atoms with van der Waals surface area (Å²) in [7, 11) is 0. The predicted octanol–water partition coefficient (Wildman–Crippen LogP) is 3.85. The Bertz CT molecular complexity index is 692. The molecule has 2 aromatic rings. The molecule has 0 aliphatic heterocycles. The van der Waals surface area contributed by atoms with Crippen molar-refractivity contribution in [2.24, 2.45) is 0 Å². The second-order valence-corrected chi connectivity index (χ2v) is 9.14. The van der Waals surface area contributed by atoms with E-state index in [9.17, 15) is 13.3 Å². The molecule has 0 saturated carbocycles. The highest BCUT2D eigenvalue weighted by atomic mass is 79.9. The summed E-state index contributed by atoms with van der Waals surface area (Å²) in [4.78, 5) is 8.12. The average molecular weight is 418 g/mol. The van der Waals surface area contributed by atoms with E-state index >= 15 is 0 Å². The minimum atomic E-state index is -1.38. The van der Waals surface area contributed by atoms with Gasteiger partial charge in [-0.05, 0) is 60.8 Å². The molecule has 8 heteroatoms. The largest absolute Gasteiger partial charge is 0.598 e. The minimum Gasteiger partial charge on any atom is -0.598 e. The maximum Gasteiger partial charge on any atom is 0.136 e. The Morgan fingerprint density at radius 3 is 2.42 bits per heavy atom. The second kappa shape index (κ2) is 7.86. The van der Waals surface area contributed by atoms with Gasteiger partial charge < -0.3 is 4.55 Å². The van der Waals surface area contributed by atoms with Crippen LogP contribution in [0.5, 0.6) is 0 Å². The number of benzene rings is 1. The SMILES string of the molecule is CC(C)(C)[S+]([O-])N[C@H](Cc1cc(F)cc(F)c1)c1ncncc1Br. The topological polar surface area (TPSA) is 60.9 Å². The summed E-state index contributed by atoms with van der Waals surface area (Å²) in [6, 6.07) is 2.84. The van der Waals surface area contributed by atoms with Crippen LogP contribution in [0.2, 0.25) is 0 Å². The van der Waals surface area contributed by atoms with Crippen LogP contribution in [-0.2, 0) is 17.8 Å². The van der Waals surface area contributed by atoms with E-state index in [1.165, 1.54) is 18.5 Å². The molecular formula is C16H18BrF2N3OS. The molecule has 0 bridgehead atoms. The van der Waals surface area contributed by atoms with E-state index in [4.69, 9.17) is 0 Å². The molecule has 0 fully saturated rings. The number of rotatable bonds is 5. The maximum atomic E-state index is 13.5. The molecule has 1 aromatic heterocycles. The minimum absolute atomic E-state index is 0.228. The van der Waals surface area contributed by atoms with Crippen molar-refractivity contribution in [3.05, 3.63) is 58.1 Å². The molecule has 1 N–H and O–H groups in total. The van der Waals surface area contributed by atoms with Crippen LogP contribution in [0.3, 0.4) is 0 Å². The second-order valence-electron chi connectivity index (χ2n) is 6.29. The Hall–Kier alpha value is -1.09. The molecule has 0 radical (unpaired) electrons. The number of nitrogens with zero attached hydrogens (tertiary/aromatic N) is 2. The lowest BCUT2D eigenvalue weighted by atomic mass is 10.0. The highest BCUT2D eigenvalue weighted by molar-refractivity contribution is 9.10. The molecule has 2 atom stereocenters. The molecule has 2 rings (SSSR count). The van der Waals surface area contributed by atoms with Crippen LogP contribution in [0.25, 0.3) is 0 Å². The van der Waals surface area contributed by atoms with Crippen molar-refractivity contribution in [1.82, 2.24) is 14.7 Å². The van der Waals surface area contributed by atoms with Gasteiger partial charge in [0.05, 0.1) is 16.2 Å². The number of hydrogen-bond acceptors (Lipinski definition) is 4. The van der Waals surface area contributed by atoms with Crippen LogP contribution in [0.15, 0.2) is 35.2 Å². The van der Waals surface area contributed by atoms with Gasteiger partial charge in [0.25, 0.3) is 0 Å². The van der Waals surface area contributed by atoms with Gasteiger partial charge in [0, 0.05) is 23.6 Å². The zero-order chi connectivity index (χ0) is 17.9. The first kappa shape index (κ1) is 19.2. The molecule has 1 aromatic carbocycles. The molecule has 0 aliphatic rings. The van der Waals surface area contributed by atoms with Crippen molar-refractivity contribution < 1.29 is 13.3 Å². The summed E-state index contributed by atoms with van der Waals surface area (Å²) in [5, 5.41) is 0. The van der Waals surface area contributed by atoms with Gasteiger partial charge in [-0.1, -0.05) is 0 Å². The summed E-state index contributed by atoms with van der Waals surface area (Å²) in [6.07, 6.45) is 3.18. The van der Waals surface area contributed by atoms with Crippen molar-refractivity contribution >= 4 is 27.3 Å². The van der Waals surface area contributed by atoms with Crippen LogP contribution < -0.4 is 4.72 Å². The van der Waals surface area contributed by atoms with E-state index in [0.29, 0.717) is 15.7 Å². The molecule has 4 nitrogen and oxygen atoms in total. The van der Waals surface area contributed by atoms with Gasteiger partial charge in [-0.2, -0.15) is 0 Å². The van der Waals surface area contributed by atoms with Gasteiger partial charge in [-0.25, -0.2) is 18.7 Å². The fraction of sp³-hybridized carbons (Fsp3) is 0.375. The van der Waals surface area contributed by atoms with Gasteiger partial charge in [0.2, 0.25) is 0 Å². The monoisotopic (exact) mass is 417 g/mol. The number of hydrogen-bond donors (Lipinski definition) is 1. The number of nitrogens with one attached hydrogen (secondary N) is 1. The lowest BCUT2D eigenvalue weighted by molar-refractivity contribution is 0.515. The first-order chi connectivity index (χ1) is 11.2. The summed E-state index contributed by atoms with van der Waals surface area (Å²) in [6.45, 7) is 5.51. The third-order valence-corrected chi connectivity index (χ3v) is 5.42. The first-order valence-corrected chi connectivity index (χ1v) is 9.19. The number of aromatic nitrogens is 2. The molecule has 0 spiro atoms. The molecule has 0 aliphatic carbocycles. The average Bonchev–Trinajstić information content (AvgIpc) is 2.45. The zero-order valence-electron chi connectivity index (χ0n) is 13.5. The Morgan fingerprint density at radius 1 is 1.25 bits per heavy atom. The van der Waals surface area contributed by atoms with Gasteiger partial charge in [-0.3, -0.25) is 0 Å². The molecule has 0 amide bonds. The van der Waals surface area contributed by atoms with Crippen LogP contribution in [0.4, 0.5) is 8.78 Å². The Balaban J connectivity index is 2.34. The first-order valence-electron chi connectivity index (χ1n) is 7.25. The molecule has 1 heterocycles. The third-order valence-electron chi connectivity index (χ3n) is 3.19. The lowest BCUT2D eigenvalue weighted by Crippen LogP contribution is -2.42. The standard InChI is InChI=1S/C16H18BrF2N3OS/c1-16(2,3)24(23)22-14(15-13(17)8-20-9-21-15)6-10-4-11(18)7-12(19)5-10/h4-5,7-9,14,22H,6H2,1-3H3/t14-,24?/m1/s1. The van der Waals surface area contributed by atoms with E-state index in [1.807, 2.05) is 20.8 Å². The normalized spacial score (nSPS) is 14.5. The van der Waals surface area contributed by atoms with Crippen molar-refractivity contribution in [3.63, 3.8) is 0 Å². The highest BCUT2D eigenvalue weighted by Gasteiger charge is 2.31. The lowest BCUT2D eigenvalue weighted by Gasteiger charge is -2.28. The third kappa shape index (κ3) is 5.20. The van der Waals surface area contributed by atoms with Crippen LogP contribution >= 0.6 is 15.9 Å². The van der Waals surface area contributed by atoms with Crippen LogP contribution in [0, 0.1) is 11.6 Å². The Kier molecular flexibility index (Phi) is 6.30. The Labute approximate surface area is 151 Å². The van der Waals surface area contributed by atoms with E-state index in [2.05, 4.69) is 30.6 Å². The van der Waals surface area contributed by atoms with E-state index in [1.54, 1.807) is 6.20 Å². The smallest absolute Gasteiger partial charge is 0.136 e. The highest BCUT2D eigenvalue weighted by Crippen LogP contribution is 2.27. The summed E-state index contributed by atoms with van der Waals surface area (Å²) < 4.78 is 42.5. The fourth-order valence-electron chi connectivity index (χ4n) is 2.04. The van der Waals surface area contributed by atoms with Crippen LogP contribution in [0.1, 0.15) is 38.1 Å². The fourth-order valence-corrected chi connectivity index (χ4v) is 3.35. The van der Waals surface area contributed by atoms with Gasteiger partial charge in [0.15, 0.2) is 0 Å². The quantitative estimate of drug-likeness (QED) is 0.750. The predicted molar refractivity (Wildman–Crippen MR) is 93.6 cm³/mol. The molecular weight excluding hydrogens is 400 g/mol. The van der Waals surface area contributed by atoms with Crippen molar-refractivity contribution in [1.29, 1.82) is 0 Å². The van der Waals surface area contributed by atoms with E-state index in [-0.39, 0.29) is 6.42 Å². The zero-order valence-corrected chi connectivity index (χ0v) is 15.9. The molecule has 24 heavy (non-hydrogen) atoms. The van der Waals surface area contributed by atoms with Gasteiger partial charge in [-0.15, -0.1) is 4.72 Å². The van der Waals surface area contributed by atoms with Crippen molar-refractivity contribution in [2.75, 3.05) is 0 Å². The summed E-state index contributed by atoms with van der Waals surface area (Å²) in [5.41, 5.74) is 1.02. The summed E-state index contributed by atoms with van der Waals surface area (Å²) in [5.74, 6) is -1.30. The Morgan fingerprint density at radius 2 is 1.88 bits per heavy atom. The molecule has 1 unspecified atom stereocenters. The molecule has 0 saturated heterocycles. The van der Waals surface area contributed by atoms with Crippen molar-refractivity contribution in [3.8, 4) is 0 Å². The summed E-state index contributed by atoms with van der Waals surface area (Å²) >= 11 is 1.99. The van der Waals surface area contributed by atoms with Gasteiger partial charge in [0.1, 0.15) is 22.7 Å². The van der Waals surface area contributed by atoms with Gasteiger partial charge >= 0.3 is 0 Å². The maximum absolute atomic E-state index is 13.5. The van der Waals surface area contributed by atoms with E-state index < -0.39 is 33.8 Å². The number of halogens is 3. The van der Waals surface area contributed by atoms with E-state index in [0.717, 1.165) is 6.07 Å².